The first-order chi connectivity index (χ1) is 9.17. The molecule has 1 aliphatic rings. The normalized spacial score (nSPS) is 24.8. The molecule has 2 heterocycles. The topological polar surface area (TPSA) is 30.3 Å². The SMILES string of the molecule is CCc1cc(CN2CC(CBr)OCC2C)n(CC)n1. The zero-order valence-electron chi connectivity index (χ0n) is 12.1. The van der Waals surface area contributed by atoms with Crippen molar-refractivity contribution in [3.63, 3.8) is 0 Å². The number of ether oxygens (including phenoxy) is 1. The van der Waals surface area contributed by atoms with Gasteiger partial charge in [-0.3, -0.25) is 9.58 Å². The number of aromatic nitrogens is 2. The van der Waals surface area contributed by atoms with Crippen molar-refractivity contribution in [3.8, 4) is 0 Å². The number of morpholine rings is 1. The Balaban J connectivity index is 2.08. The molecule has 1 aliphatic heterocycles. The number of hydrogen-bond donors (Lipinski definition) is 0. The summed E-state index contributed by atoms with van der Waals surface area (Å²) in [5.41, 5.74) is 2.51. The van der Waals surface area contributed by atoms with E-state index in [0.717, 1.165) is 38.0 Å². The first-order valence-corrected chi connectivity index (χ1v) is 8.27. The second-order valence-electron chi connectivity index (χ2n) is 5.18. The molecule has 2 unspecified atom stereocenters. The summed E-state index contributed by atoms with van der Waals surface area (Å²) in [6.07, 6.45) is 1.31. The molecule has 0 amide bonds. The minimum absolute atomic E-state index is 0.305. The molecule has 2 atom stereocenters. The van der Waals surface area contributed by atoms with Crippen molar-refractivity contribution in [2.24, 2.45) is 0 Å². The first-order valence-electron chi connectivity index (χ1n) is 7.15. The summed E-state index contributed by atoms with van der Waals surface area (Å²) >= 11 is 3.52. The number of aryl methyl sites for hydroxylation is 2. The Morgan fingerprint density at radius 1 is 1.47 bits per heavy atom. The predicted molar refractivity (Wildman–Crippen MR) is 80.7 cm³/mol. The highest BCUT2D eigenvalue weighted by molar-refractivity contribution is 9.09. The lowest BCUT2D eigenvalue weighted by molar-refractivity contribution is -0.0507. The summed E-state index contributed by atoms with van der Waals surface area (Å²) in [5.74, 6) is 0. The van der Waals surface area contributed by atoms with Crippen molar-refractivity contribution in [2.75, 3.05) is 18.5 Å². The third-order valence-corrected chi connectivity index (χ3v) is 4.47. The Morgan fingerprint density at radius 2 is 2.26 bits per heavy atom. The molecule has 1 saturated heterocycles. The van der Waals surface area contributed by atoms with Crippen molar-refractivity contribution in [2.45, 2.75) is 52.4 Å². The van der Waals surface area contributed by atoms with Crippen molar-refractivity contribution in [3.05, 3.63) is 17.5 Å². The van der Waals surface area contributed by atoms with Gasteiger partial charge < -0.3 is 4.74 Å². The number of rotatable bonds is 5. The molecule has 0 aromatic carbocycles. The van der Waals surface area contributed by atoms with E-state index in [1.165, 1.54) is 11.4 Å². The average molecular weight is 330 g/mol. The van der Waals surface area contributed by atoms with E-state index in [1.54, 1.807) is 0 Å². The maximum Gasteiger partial charge on any atom is 0.0799 e. The lowest BCUT2D eigenvalue weighted by Crippen LogP contribution is -2.48. The van der Waals surface area contributed by atoms with Gasteiger partial charge in [0, 0.05) is 31.0 Å². The van der Waals surface area contributed by atoms with E-state index in [4.69, 9.17) is 4.74 Å². The standard InChI is InChI=1S/C14H24BrN3O/c1-4-12-6-13(18(5-2)16-12)8-17-9-14(7-15)19-10-11(17)3/h6,11,14H,4-5,7-10H2,1-3H3. The van der Waals surface area contributed by atoms with E-state index >= 15 is 0 Å². The van der Waals surface area contributed by atoms with Crippen LogP contribution in [0.15, 0.2) is 6.07 Å². The molecule has 0 aliphatic carbocycles. The summed E-state index contributed by atoms with van der Waals surface area (Å²) in [6, 6.07) is 2.72. The quantitative estimate of drug-likeness (QED) is 0.777. The van der Waals surface area contributed by atoms with E-state index in [1.807, 2.05) is 0 Å². The number of nitrogens with zero attached hydrogens (tertiary/aromatic N) is 3. The van der Waals surface area contributed by atoms with Gasteiger partial charge in [-0.05, 0) is 26.3 Å². The monoisotopic (exact) mass is 329 g/mol. The van der Waals surface area contributed by atoms with E-state index in [-0.39, 0.29) is 0 Å². The molecule has 2 rings (SSSR count). The maximum atomic E-state index is 5.78. The molecular formula is C14H24BrN3O. The smallest absolute Gasteiger partial charge is 0.0799 e. The van der Waals surface area contributed by atoms with Crippen LogP contribution < -0.4 is 0 Å². The molecule has 0 saturated carbocycles. The molecule has 0 radical (unpaired) electrons. The van der Waals surface area contributed by atoms with Crippen LogP contribution >= 0.6 is 15.9 Å². The van der Waals surface area contributed by atoms with Crippen LogP contribution in [0.2, 0.25) is 0 Å². The maximum absolute atomic E-state index is 5.78. The first kappa shape index (κ1) is 15.0. The molecule has 1 aromatic rings. The molecule has 0 bridgehead atoms. The van der Waals surface area contributed by atoms with Gasteiger partial charge >= 0.3 is 0 Å². The zero-order valence-corrected chi connectivity index (χ0v) is 13.7. The Hall–Kier alpha value is -0.390. The molecule has 19 heavy (non-hydrogen) atoms. The third-order valence-electron chi connectivity index (χ3n) is 3.75. The van der Waals surface area contributed by atoms with Crippen LogP contribution in [0.25, 0.3) is 0 Å². The highest BCUT2D eigenvalue weighted by Crippen LogP contribution is 2.17. The summed E-state index contributed by atoms with van der Waals surface area (Å²) in [7, 11) is 0. The summed E-state index contributed by atoms with van der Waals surface area (Å²) in [4.78, 5) is 2.50. The van der Waals surface area contributed by atoms with Crippen LogP contribution in [0.4, 0.5) is 0 Å². The summed E-state index contributed by atoms with van der Waals surface area (Å²) in [6.45, 7) is 10.3. The van der Waals surface area contributed by atoms with E-state index < -0.39 is 0 Å². The molecule has 5 heteroatoms. The summed E-state index contributed by atoms with van der Waals surface area (Å²) in [5, 5.41) is 5.53. The van der Waals surface area contributed by atoms with E-state index in [0.29, 0.717) is 12.1 Å². The van der Waals surface area contributed by atoms with Crippen molar-refractivity contribution in [1.29, 1.82) is 0 Å². The van der Waals surface area contributed by atoms with Crippen molar-refractivity contribution >= 4 is 15.9 Å². The van der Waals surface area contributed by atoms with Gasteiger partial charge in [-0.1, -0.05) is 22.9 Å². The van der Waals surface area contributed by atoms with E-state index in [2.05, 4.69) is 57.4 Å². The average Bonchev–Trinajstić information content (AvgIpc) is 2.83. The minimum Gasteiger partial charge on any atom is -0.374 e. The second-order valence-corrected chi connectivity index (χ2v) is 5.83. The molecule has 108 valence electrons. The molecule has 1 fully saturated rings. The Kier molecular flexibility index (Phi) is 5.42. The highest BCUT2D eigenvalue weighted by Gasteiger charge is 2.26. The second kappa shape index (κ2) is 6.86. The van der Waals surface area contributed by atoms with Gasteiger partial charge in [0.2, 0.25) is 0 Å². The van der Waals surface area contributed by atoms with Gasteiger partial charge in [-0.25, -0.2) is 0 Å². The largest absolute Gasteiger partial charge is 0.374 e. The van der Waals surface area contributed by atoms with E-state index in [9.17, 15) is 0 Å². The van der Waals surface area contributed by atoms with Crippen LogP contribution in [0.5, 0.6) is 0 Å². The van der Waals surface area contributed by atoms with Gasteiger partial charge in [-0.2, -0.15) is 5.10 Å². The van der Waals surface area contributed by atoms with Gasteiger partial charge in [0.05, 0.1) is 24.1 Å². The molecular weight excluding hydrogens is 306 g/mol. The fourth-order valence-electron chi connectivity index (χ4n) is 2.49. The molecule has 0 N–H and O–H groups in total. The third kappa shape index (κ3) is 3.58. The number of hydrogen-bond acceptors (Lipinski definition) is 3. The fraction of sp³-hybridized carbons (Fsp3) is 0.786. The lowest BCUT2D eigenvalue weighted by atomic mass is 10.2. The minimum atomic E-state index is 0.305. The number of alkyl halides is 1. The van der Waals surface area contributed by atoms with Crippen molar-refractivity contribution < 1.29 is 4.74 Å². The lowest BCUT2D eigenvalue weighted by Gasteiger charge is -2.37. The van der Waals surface area contributed by atoms with Gasteiger partial charge in [-0.15, -0.1) is 0 Å². The van der Waals surface area contributed by atoms with Crippen LogP contribution in [0.1, 0.15) is 32.2 Å². The zero-order chi connectivity index (χ0) is 13.8. The van der Waals surface area contributed by atoms with Gasteiger partial charge in [0.25, 0.3) is 0 Å². The number of halogens is 1. The Morgan fingerprint density at radius 3 is 2.89 bits per heavy atom. The van der Waals surface area contributed by atoms with Crippen molar-refractivity contribution in [1.82, 2.24) is 14.7 Å². The molecule has 1 aromatic heterocycles. The Bertz CT molecular complexity index is 407. The molecule has 4 nitrogen and oxygen atoms in total. The van der Waals surface area contributed by atoms with Crippen LogP contribution in [-0.4, -0.2) is 45.3 Å². The fourth-order valence-corrected chi connectivity index (χ4v) is 2.88. The Labute approximate surface area is 124 Å². The van der Waals surface area contributed by atoms with Crippen LogP contribution in [0.3, 0.4) is 0 Å². The highest BCUT2D eigenvalue weighted by atomic mass is 79.9. The summed E-state index contributed by atoms with van der Waals surface area (Å²) < 4.78 is 7.91. The predicted octanol–water partition coefficient (Wildman–Crippen LogP) is 2.45. The van der Waals surface area contributed by atoms with Crippen LogP contribution in [-0.2, 0) is 24.2 Å². The molecule has 0 spiro atoms. The van der Waals surface area contributed by atoms with Gasteiger partial charge in [0.1, 0.15) is 0 Å². The van der Waals surface area contributed by atoms with Crippen LogP contribution in [0, 0.1) is 0 Å². The van der Waals surface area contributed by atoms with Gasteiger partial charge in [0.15, 0.2) is 0 Å².